The summed E-state index contributed by atoms with van der Waals surface area (Å²) in [5.74, 6) is 0.276. The average molecular weight is 326 g/mol. The molecule has 2 heterocycles. The zero-order chi connectivity index (χ0) is 16.1. The van der Waals surface area contributed by atoms with Gasteiger partial charge in [0.2, 0.25) is 5.13 Å². The summed E-state index contributed by atoms with van der Waals surface area (Å²) in [6.07, 6.45) is 3.38. The van der Waals surface area contributed by atoms with Crippen molar-refractivity contribution < 1.29 is 9.53 Å². The molecule has 0 spiro atoms. The molecule has 0 fully saturated rings. The highest BCUT2D eigenvalue weighted by Gasteiger charge is 2.14. The SMILES string of the molecule is CCOc1ccccc1C(=O)Nc1nnc(-c2ccncc2)s1. The van der Waals surface area contributed by atoms with Crippen LogP contribution in [0.5, 0.6) is 5.75 Å². The van der Waals surface area contributed by atoms with Crippen LogP contribution in [0, 0.1) is 0 Å². The molecule has 3 rings (SSSR count). The number of hydrogen-bond donors (Lipinski definition) is 1. The first-order chi connectivity index (χ1) is 11.3. The molecule has 1 N–H and O–H groups in total. The van der Waals surface area contributed by atoms with Crippen molar-refractivity contribution >= 4 is 22.4 Å². The maximum Gasteiger partial charge on any atom is 0.261 e. The molecular formula is C16H14N4O2S. The maximum atomic E-state index is 12.4. The van der Waals surface area contributed by atoms with Gasteiger partial charge in [0, 0.05) is 18.0 Å². The third-order valence-corrected chi connectivity index (χ3v) is 3.89. The molecule has 0 saturated heterocycles. The zero-order valence-corrected chi connectivity index (χ0v) is 13.2. The number of para-hydroxylation sites is 1. The number of ether oxygens (including phenoxy) is 1. The lowest BCUT2D eigenvalue weighted by Gasteiger charge is -2.08. The Balaban J connectivity index is 1.78. The maximum absolute atomic E-state index is 12.4. The number of amides is 1. The second-order valence-electron chi connectivity index (χ2n) is 4.53. The van der Waals surface area contributed by atoms with Gasteiger partial charge in [-0.15, -0.1) is 10.2 Å². The van der Waals surface area contributed by atoms with Crippen molar-refractivity contribution in [2.24, 2.45) is 0 Å². The number of anilines is 1. The average Bonchev–Trinajstić information content (AvgIpc) is 3.05. The van der Waals surface area contributed by atoms with E-state index in [1.54, 1.807) is 30.6 Å². The Bertz CT molecular complexity index is 805. The molecule has 0 unspecified atom stereocenters. The van der Waals surface area contributed by atoms with E-state index < -0.39 is 0 Å². The Kier molecular flexibility index (Phi) is 4.58. The zero-order valence-electron chi connectivity index (χ0n) is 12.4. The number of nitrogens with one attached hydrogen (secondary N) is 1. The van der Waals surface area contributed by atoms with Crippen molar-refractivity contribution in [2.45, 2.75) is 6.92 Å². The lowest BCUT2D eigenvalue weighted by atomic mass is 10.2. The number of hydrogen-bond acceptors (Lipinski definition) is 6. The van der Waals surface area contributed by atoms with Crippen LogP contribution in [0.1, 0.15) is 17.3 Å². The van der Waals surface area contributed by atoms with E-state index in [9.17, 15) is 4.79 Å². The molecule has 0 bridgehead atoms. The van der Waals surface area contributed by atoms with Crippen molar-refractivity contribution in [3.05, 3.63) is 54.4 Å². The number of carbonyl (C=O) groups excluding carboxylic acids is 1. The number of nitrogens with zero attached hydrogens (tertiary/aromatic N) is 3. The van der Waals surface area contributed by atoms with Gasteiger partial charge in [0.05, 0.1) is 12.2 Å². The van der Waals surface area contributed by atoms with Crippen LogP contribution in [0.3, 0.4) is 0 Å². The first-order valence-electron chi connectivity index (χ1n) is 7.05. The van der Waals surface area contributed by atoms with Gasteiger partial charge in [-0.3, -0.25) is 15.1 Å². The lowest BCUT2D eigenvalue weighted by molar-refractivity contribution is 0.102. The summed E-state index contributed by atoms with van der Waals surface area (Å²) < 4.78 is 5.47. The van der Waals surface area contributed by atoms with Crippen molar-refractivity contribution in [3.63, 3.8) is 0 Å². The predicted molar refractivity (Wildman–Crippen MR) is 88.7 cm³/mol. The van der Waals surface area contributed by atoms with Gasteiger partial charge >= 0.3 is 0 Å². The van der Waals surface area contributed by atoms with Gasteiger partial charge in [-0.2, -0.15) is 0 Å². The summed E-state index contributed by atoms with van der Waals surface area (Å²) in [6.45, 7) is 2.37. The van der Waals surface area contributed by atoms with Crippen LogP contribution in [0.15, 0.2) is 48.8 Å². The molecule has 0 saturated carbocycles. The fourth-order valence-electron chi connectivity index (χ4n) is 1.98. The molecule has 116 valence electrons. The number of benzene rings is 1. The quantitative estimate of drug-likeness (QED) is 0.779. The fraction of sp³-hybridized carbons (Fsp3) is 0.125. The summed E-state index contributed by atoms with van der Waals surface area (Å²) >= 11 is 1.31. The van der Waals surface area contributed by atoms with E-state index in [-0.39, 0.29) is 5.91 Å². The highest BCUT2D eigenvalue weighted by atomic mass is 32.1. The van der Waals surface area contributed by atoms with Crippen LogP contribution in [0.25, 0.3) is 10.6 Å². The van der Waals surface area contributed by atoms with E-state index in [1.165, 1.54) is 11.3 Å². The fourth-order valence-corrected chi connectivity index (χ4v) is 2.73. The highest BCUT2D eigenvalue weighted by molar-refractivity contribution is 7.18. The van der Waals surface area contributed by atoms with Gasteiger partial charge in [0.25, 0.3) is 5.91 Å². The van der Waals surface area contributed by atoms with Crippen molar-refractivity contribution in [1.82, 2.24) is 15.2 Å². The predicted octanol–water partition coefficient (Wildman–Crippen LogP) is 3.25. The number of carbonyl (C=O) groups is 1. The van der Waals surface area contributed by atoms with Crippen molar-refractivity contribution in [1.29, 1.82) is 0 Å². The van der Waals surface area contributed by atoms with Crippen LogP contribution in [-0.2, 0) is 0 Å². The topological polar surface area (TPSA) is 77.0 Å². The van der Waals surface area contributed by atoms with Crippen LogP contribution < -0.4 is 10.1 Å². The van der Waals surface area contributed by atoms with Crippen molar-refractivity contribution in [3.8, 4) is 16.3 Å². The Hall–Kier alpha value is -2.80. The Morgan fingerprint density at radius 3 is 2.74 bits per heavy atom. The molecule has 1 aromatic carbocycles. The first kappa shape index (κ1) is 15.1. The molecule has 3 aromatic rings. The number of aromatic nitrogens is 3. The molecular weight excluding hydrogens is 312 g/mol. The molecule has 23 heavy (non-hydrogen) atoms. The van der Waals surface area contributed by atoms with Crippen LogP contribution >= 0.6 is 11.3 Å². The van der Waals surface area contributed by atoms with Crippen LogP contribution in [0.2, 0.25) is 0 Å². The van der Waals surface area contributed by atoms with Gasteiger partial charge in [-0.05, 0) is 31.2 Å². The van der Waals surface area contributed by atoms with Gasteiger partial charge in [0.15, 0.2) is 0 Å². The monoisotopic (exact) mass is 326 g/mol. The second-order valence-corrected chi connectivity index (χ2v) is 5.51. The van der Waals surface area contributed by atoms with Gasteiger partial charge < -0.3 is 4.74 Å². The lowest BCUT2D eigenvalue weighted by Crippen LogP contribution is -2.13. The van der Waals surface area contributed by atoms with E-state index in [2.05, 4.69) is 20.5 Å². The molecule has 6 nitrogen and oxygen atoms in total. The summed E-state index contributed by atoms with van der Waals surface area (Å²) in [4.78, 5) is 16.4. The largest absolute Gasteiger partial charge is 0.493 e. The number of rotatable bonds is 5. The minimum Gasteiger partial charge on any atom is -0.493 e. The number of pyridine rings is 1. The van der Waals surface area contributed by atoms with Gasteiger partial charge in [-0.1, -0.05) is 23.5 Å². The summed E-state index contributed by atoms with van der Waals surface area (Å²) in [7, 11) is 0. The van der Waals surface area contributed by atoms with E-state index in [0.29, 0.717) is 23.1 Å². The van der Waals surface area contributed by atoms with E-state index >= 15 is 0 Å². The standard InChI is InChI=1S/C16H14N4O2S/c1-2-22-13-6-4-3-5-12(13)14(21)18-16-20-19-15(23-16)11-7-9-17-10-8-11/h3-10H,2H2,1H3,(H,18,20,21). The summed E-state index contributed by atoms with van der Waals surface area (Å²) in [6, 6.07) is 10.8. The summed E-state index contributed by atoms with van der Waals surface area (Å²) in [5, 5.41) is 12.0. The summed E-state index contributed by atoms with van der Waals surface area (Å²) in [5.41, 5.74) is 1.38. The van der Waals surface area contributed by atoms with Gasteiger partial charge in [-0.25, -0.2) is 0 Å². The third-order valence-electron chi connectivity index (χ3n) is 3.00. The third kappa shape index (κ3) is 3.51. The molecule has 0 aliphatic heterocycles. The first-order valence-corrected chi connectivity index (χ1v) is 7.86. The van der Waals surface area contributed by atoms with E-state index in [0.717, 1.165) is 10.6 Å². The molecule has 0 atom stereocenters. The Morgan fingerprint density at radius 1 is 1.17 bits per heavy atom. The smallest absolute Gasteiger partial charge is 0.261 e. The van der Waals surface area contributed by atoms with Crippen molar-refractivity contribution in [2.75, 3.05) is 11.9 Å². The Morgan fingerprint density at radius 2 is 1.96 bits per heavy atom. The van der Waals surface area contributed by atoms with E-state index in [4.69, 9.17) is 4.74 Å². The molecule has 7 heteroatoms. The normalized spacial score (nSPS) is 10.3. The highest BCUT2D eigenvalue weighted by Crippen LogP contribution is 2.26. The molecule has 0 aliphatic carbocycles. The van der Waals surface area contributed by atoms with Crippen LogP contribution in [-0.4, -0.2) is 27.7 Å². The Labute approximate surface area is 137 Å². The molecule has 1 amide bonds. The van der Waals surface area contributed by atoms with E-state index in [1.807, 2.05) is 25.1 Å². The minimum atomic E-state index is -0.272. The molecule has 0 aliphatic rings. The second kappa shape index (κ2) is 6.97. The van der Waals surface area contributed by atoms with Crippen LogP contribution in [0.4, 0.5) is 5.13 Å². The minimum absolute atomic E-state index is 0.272. The molecule has 2 aromatic heterocycles. The van der Waals surface area contributed by atoms with Gasteiger partial charge in [0.1, 0.15) is 10.8 Å². The molecule has 0 radical (unpaired) electrons.